The van der Waals surface area contributed by atoms with Gasteiger partial charge in [0.2, 0.25) is 12.7 Å². The molecule has 0 spiro atoms. The number of nitrogens with zero attached hydrogens (tertiary/aromatic N) is 2. The average Bonchev–Trinajstić information content (AvgIpc) is 3.29. The van der Waals surface area contributed by atoms with Crippen LogP contribution in [0.15, 0.2) is 64.8 Å². The average molecular weight is 443 g/mol. The number of allylic oxidation sites excluding steroid dienone is 1. The summed E-state index contributed by atoms with van der Waals surface area (Å²) < 4.78 is 23.8. The summed E-state index contributed by atoms with van der Waals surface area (Å²) >= 11 is 0. The third-order valence-corrected chi connectivity index (χ3v) is 5.94. The van der Waals surface area contributed by atoms with Gasteiger partial charge in [0.15, 0.2) is 11.5 Å². The number of aryl methyl sites for hydroxylation is 1. The Kier molecular flexibility index (Phi) is 4.94. The normalized spacial score (nSPS) is 16.1. The van der Waals surface area contributed by atoms with Gasteiger partial charge in [-0.15, -0.1) is 0 Å². The fourth-order valence-electron chi connectivity index (χ4n) is 4.31. The minimum atomic E-state index is -0.703. The zero-order valence-corrected chi connectivity index (χ0v) is 18.1. The number of rotatable bonds is 4. The Balaban J connectivity index is 1.69. The first kappa shape index (κ1) is 20.5. The molecule has 0 amide bonds. The number of nitriles is 1. The van der Waals surface area contributed by atoms with Crippen LogP contribution in [0.1, 0.15) is 28.3 Å². The van der Waals surface area contributed by atoms with Gasteiger partial charge in [-0.25, -0.2) is 0 Å². The molecule has 2 aliphatic rings. The molecule has 0 radical (unpaired) electrons. The largest absolute Gasteiger partial charge is 0.496 e. The second-order valence-corrected chi connectivity index (χ2v) is 7.80. The fraction of sp³-hybridized carbons (Fsp3) is 0.200. The third-order valence-electron chi connectivity index (χ3n) is 5.94. The van der Waals surface area contributed by atoms with Gasteiger partial charge < -0.3 is 29.2 Å². The van der Waals surface area contributed by atoms with Crippen LogP contribution < -0.4 is 30.2 Å². The summed E-state index contributed by atoms with van der Waals surface area (Å²) in [7, 11) is 1.59. The Morgan fingerprint density at radius 1 is 1.15 bits per heavy atom. The summed E-state index contributed by atoms with van der Waals surface area (Å²) in [5.41, 5.74) is 8.60. The Morgan fingerprint density at radius 3 is 2.73 bits per heavy atom. The van der Waals surface area contributed by atoms with Gasteiger partial charge in [0.25, 0.3) is 5.56 Å². The molecule has 0 saturated heterocycles. The Bertz CT molecular complexity index is 1400. The van der Waals surface area contributed by atoms with Crippen molar-refractivity contribution < 1.29 is 18.9 Å². The molecule has 0 unspecified atom stereocenters. The van der Waals surface area contributed by atoms with Gasteiger partial charge in [0.1, 0.15) is 23.1 Å². The lowest BCUT2D eigenvalue weighted by atomic mass is 9.84. The number of hydrogen-bond acceptors (Lipinski definition) is 7. The van der Waals surface area contributed by atoms with Crippen molar-refractivity contribution in [2.75, 3.05) is 13.9 Å². The van der Waals surface area contributed by atoms with Crippen molar-refractivity contribution in [3.05, 3.63) is 92.7 Å². The number of para-hydroxylation sites is 1. The van der Waals surface area contributed by atoms with Crippen LogP contribution in [-0.4, -0.2) is 18.5 Å². The first-order valence-electron chi connectivity index (χ1n) is 10.3. The first-order valence-corrected chi connectivity index (χ1v) is 10.3. The molecule has 2 aromatic carbocycles. The minimum absolute atomic E-state index is 0.0195. The maximum atomic E-state index is 13.8. The van der Waals surface area contributed by atoms with E-state index in [2.05, 4.69) is 6.07 Å². The van der Waals surface area contributed by atoms with Gasteiger partial charge in [-0.2, -0.15) is 5.26 Å². The van der Waals surface area contributed by atoms with Crippen LogP contribution in [0.4, 0.5) is 0 Å². The molecule has 8 heteroatoms. The Hall–Kier alpha value is -4.38. The minimum Gasteiger partial charge on any atom is -0.496 e. The zero-order chi connectivity index (χ0) is 23.1. The third kappa shape index (κ3) is 3.34. The quantitative estimate of drug-likeness (QED) is 0.660. The molecule has 2 aliphatic heterocycles. The second kappa shape index (κ2) is 7.95. The molecule has 0 saturated carbocycles. The number of nitrogens with two attached hydrogens (primary N) is 1. The molecule has 2 N–H and O–H groups in total. The molecule has 0 aliphatic carbocycles. The Labute approximate surface area is 190 Å². The lowest BCUT2D eigenvalue weighted by Crippen LogP contribution is -2.33. The van der Waals surface area contributed by atoms with Crippen molar-refractivity contribution in [3.8, 4) is 29.1 Å². The number of aromatic nitrogens is 1. The SMILES string of the molecule is COc1ccccc1Cn1c(C)cc2c(c1=O)[C@H](c1ccc3c(c1)OCO3)C(C#N)=C(N)O2. The van der Waals surface area contributed by atoms with Crippen molar-refractivity contribution in [2.24, 2.45) is 5.73 Å². The molecular formula is C25H21N3O5. The summed E-state index contributed by atoms with van der Waals surface area (Å²) in [6, 6.07) is 16.8. The van der Waals surface area contributed by atoms with Crippen LogP contribution in [0.5, 0.6) is 23.0 Å². The smallest absolute Gasteiger partial charge is 0.259 e. The molecule has 0 fully saturated rings. The van der Waals surface area contributed by atoms with Gasteiger partial charge >= 0.3 is 0 Å². The van der Waals surface area contributed by atoms with Crippen LogP contribution >= 0.6 is 0 Å². The van der Waals surface area contributed by atoms with Crippen molar-refractivity contribution in [1.29, 1.82) is 5.26 Å². The van der Waals surface area contributed by atoms with E-state index in [1.807, 2.05) is 37.3 Å². The van der Waals surface area contributed by atoms with E-state index < -0.39 is 5.92 Å². The van der Waals surface area contributed by atoms with Crippen LogP contribution in [0.2, 0.25) is 0 Å². The van der Waals surface area contributed by atoms with Gasteiger partial charge in [-0.1, -0.05) is 24.3 Å². The number of benzene rings is 2. The van der Waals surface area contributed by atoms with Crippen molar-refractivity contribution in [1.82, 2.24) is 4.57 Å². The second-order valence-electron chi connectivity index (χ2n) is 7.80. The molecule has 3 aromatic rings. The highest BCUT2D eigenvalue weighted by Gasteiger charge is 2.35. The molecule has 1 atom stereocenters. The van der Waals surface area contributed by atoms with E-state index in [4.69, 9.17) is 24.7 Å². The zero-order valence-electron chi connectivity index (χ0n) is 18.1. The van der Waals surface area contributed by atoms with E-state index in [9.17, 15) is 10.1 Å². The van der Waals surface area contributed by atoms with Gasteiger partial charge in [-0.05, 0) is 30.7 Å². The highest BCUT2D eigenvalue weighted by Crippen LogP contribution is 2.43. The fourth-order valence-corrected chi connectivity index (χ4v) is 4.31. The van der Waals surface area contributed by atoms with Crippen molar-refractivity contribution in [3.63, 3.8) is 0 Å². The maximum Gasteiger partial charge on any atom is 0.259 e. The lowest BCUT2D eigenvalue weighted by molar-refractivity contribution is 0.174. The van der Waals surface area contributed by atoms with E-state index in [1.165, 1.54) is 0 Å². The summed E-state index contributed by atoms with van der Waals surface area (Å²) in [4.78, 5) is 13.8. The predicted octanol–water partition coefficient (Wildman–Crippen LogP) is 3.16. The predicted molar refractivity (Wildman–Crippen MR) is 119 cm³/mol. The molecule has 5 rings (SSSR count). The monoisotopic (exact) mass is 443 g/mol. The molecule has 3 heterocycles. The van der Waals surface area contributed by atoms with Crippen molar-refractivity contribution >= 4 is 0 Å². The van der Waals surface area contributed by atoms with Crippen molar-refractivity contribution in [2.45, 2.75) is 19.4 Å². The van der Waals surface area contributed by atoms with Crippen LogP contribution in [0.25, 0.3) is 0 Å². The van der Waals surface area contributed by atoms with E-state index >= 15 is 0 Å². The van der Waals surface area contributed by atoms with Gasteiger partial charge in [0.05, 0.1) is 25.1 Å². The lowest BCUT2D eigenvalue weighted by Gasteiger charge is -2.27. The summed E-state index contributed by atoms with van der Waals surface area (Å²) in [5.74, 6) is 1.47. The van der Waals surface area contributed by atoms with Gasteiger partial charge in [-0.3, -0.25) is 4.79 Å². The first-order chi connectivity index (χ1) is 16.0. The molecule has 33 heavy (non-hydrogen) atoms. The topological polar surface area (TPSA) is 109 Å². The van der Waals surface area contributed by atoms with E-state index in [0.717, 1.165) is 5.56 Å². The Morgan fingerprint density at radius 2 is 1.94 bits per heavy atom. The molecular weight excluding hydrogens is 422 g/mol. The number of fused-ring (bicyclic) bond motifs is 2. The van der Waals surface area contributed by atoms with Crippen LogP contribution in [0, 0.1) is 18.3 Å². The highest BCUT2D eigenvalue weighted by atomic mass is 16.7. The highest BCUT2D eigenvalue weighted by molar-refractivity contribution is 5.58. The van der Waals surface area contributed by atoms with E-state index in [0.29, 0.717) is 46.4 Å². The number of ether oxygens (including phenoxy) is 4. The number of pyridine rings is 1. The summed E-state index contributed by atoms with van der Waals surface area (Å²) in [5, 5.41) is 9.88. The molecule has 1 aromatic heterocycles. The molecule has 8 nitrogen and oxygen atoms in total. The number of hydrogen-bond donors (Lipinski definition) is 1. The van der Waals surface area contributed by atoms with Crippen LogP contribution in [0.3, 0.4) is 0 Å². The van der Waals surface area contributed by atoms with Gasteiger partial charge in [0, 0.05) is 17.3 Å². The van der Waals surface area contributed by atoms with E-state index in [1.54, 1.807) is 29.9 Å². The van der Waals surface area contributed by atoms with E-state index in [-0.39, 0.29) is 23.8 Å². The number of methoxy groups -OCH3 is 1. The molecule has 0 bridgehead atoms. The van der Waals surface area contributed by atoms with Crippen LogP contribution in [-0.2, 0) is 6.54 Å². The standard InChI is InChI=1S/C25H21N3O5/c1-14-9-21-23(25(29)28(14)12-16-5-3-4-6-18(16)30-2)22(17(11-26)24(27)33-21)15-7-8-19-20(10-15)32-13-31-19/h3-10,22H,12-13,27H2,1-2H3/t22-/m1/s1. The molecule has 166 valence electrons. The summed E-state index contributed by atoms with van der Waals surface area (Å²) in [6.07, 6.45) is 0. The summed E-state index contributed by atoms with van der Waals surface area (Å²) in [6.45, 7) is 2.25. The maximum absolute atomic E-state index is 13.8.